The second-order valence-electron chi connectivity index (χ2n) is 6.54. The maximum absolute atomic E-state index is 6.35. The van der Waals surface area contributed by atoms with Crippen LogP contribution in [0.4, 0.5) is 0 Å². The number of likely N-dealkylation sites (N-methyl/N-ethyl adjacent to an activating group) is 1. The summed E-state index contributed by atoms with van der Waals surface area (Å²) in [4.78, 5) is 0. The van der Waals surface area contributed by atoms with Crippen LogP contribution < -0.4 is 5.32 Å². The molecular formula is C17H33NO2. The number of ether oxygens (including phenoxy) is 2. The predicted octanol–water partition coefficient (Wildman–Crippen LogP) is 3.52. The average molecular weight is 283 g/mol. The van der Waals surface area contributed by atoms with Gasteiger partial charge in [0.2, 0.25) is 0 Å². The molecule has 0 aromatic heterocycles. The highest BCUT2D eigenvalue weighted by Crippen LogP contribution is 2.37. The molecule has 2 fully saturated rings. The third kappa shape index (κ3) is 4.19. The van der Waals surface area contributed by atoms with Crippen LogP contribution in [0.1, 0.15) is 64.7 Å². The van der Waals surface area contributed by atoms with E-state index in [-0.39, 0.29) is 5.60 Å². The Morgan fingerprint density at radius 3 is 2.35 bits per heavy atom. The number of hydrogen-bond acceptors (Lipinski definition) is 3. The van der Waals surface area contributed by atoms with Crippen molar-refractivity contribution >= 4 is 0 Å². The van der Waals surface area contributed by atoms with Crippen LogP contribution in [0.3, 0.4) is 0 Å². The first kappa shape index (κ1) is 16.3. The largest absolute Gasteiger partial charge is 0.381 e. The van der Waals surface area contributed by atoms with E-state index in [1.807, 2.05) is 0 Å². The molecule has 1 saturated carbocycles. The second kappa shape index (κ2) is 8.35. The molecular weight excluding hydrogens is 250 g/mol. The van der Waals surface area contributed by atoms with Gasteiger partial charge in [0, 0.05) is 25.9 Å². The van der Waals surface area contributed by atoms with Crippen molar-refractivity contribution in [2.75, 3.05) is 26.9 Å². The van der Waals surface area contributed by atoms with Gasteiger partial charge in [0.1, 0.15) is 0 Å². The molecule has 1 heterocycles. The maximum Gasteiger partial charge on any atom is 0.0834 e. The highest BCUT2D eigenvalue weighted by atomic mass is 16.5. The van der Waals surface area contributed by atoms with E-state index >= 15 is 0 Å². The molecule has 118 valence electrons. The third-order valence-corrected chi connectivity index (χ3v) is 5.28. The van der Waals surface area contributed by atoms with Gasteiger partial charge >= 0.3 is 0 Å². The van der Waals surface area contributed by atoms with Crippen molar-refractivity contribution in [3.63, 3.8) is 0 Å². The molecule has 3 nitrogen and oxygen atoms in total. The molecule has 1 aliphatic carbocycles. The highest BCUT2D eigenvalue weighted by molar-refractivity contribution is 4.95. The summed E-state index contributed by atoms with van der Waals surface area (Å²) in [6.45, 7) is 4.88. The summed E-state index contributed by atoms with van der Waals surface area (Å²) in [5.74, 6) is 0.807. The standard InChI is InChI=1S/C17H33NO2/c1-3-20-17(10-6-4-5-7-11-17)16(18-2)14-15-8-12-19-13-9-15/h15-16,18H,3-14H2,1-2H3. The van der Waals surface area contributed by atoms with E-state index in [4.69, 9.17) is 9.47 Å². The van der Waals surface area contributed by atoms with Crippen LogP contribution in [-0.4, -0.2) is 38.5 Å². The van der Waals surface area contributed by atoms with Crippen molar-refractivity contribution in [2.45, 2.75) is 76.4 Å². The van der Waals surface area contributed by atoms with Gasteiger partial charge < -0.3 is 14.8 Å². The summed E-state index contributed by atoms with van der Waals surface area (Å²) in [6.07, 6.45) is 11.6. The fraction of sp³-hybridized carbons (Fsp3) is 1.00. The van der Waals surface area contributed by atoms with Gasteiger partial charge in [0.25, 0.3) is 0 Å². The Morgan fingerprint density at radius 2 is 1.80 bits per heavy atom. The van der Waals surface area contributed by atoms with Crippen molar-refractivity contribution < 1.29 is 9.47 Å². The van der Waals surface area contributed by atoms with Crippen LogP contribution >= 0.6 is 0 Å². The summed E-state index contributed by atoms with van der Waals surface area (Å²) >= 11 is 0. The quantitative estimate of drug-likeness (QED) is 0.757. The lowest BCUT2D eigenvalue weighted by molar-refractivity contribution is -0.0829. The molecule has 0 amide bonds. The Hall–Kier alpha value is -0.120. The molecule has 2 rings (SSSR count). The van der Waals surface area contributed by atoms with E-state index < -0.39 is 0 Å². The smallest absolute Gasteiger partial charge is 0.0834 e. The molecule has 2 aliphatic rings. The fourth-order valence-corrected chi connectivity index (χ4v) is 4.12. The van der Waals surface area contributed by atoms with Crippen LogP contribution in [0.2, 0.25) is 0 Å². The van der Waals surface area contributed by atoms with Crippen LogP contribution in [0.5, 0.6) is 0 Å². The Bertz CT molecular complexity index is 256. The fourth-order valence-electron chi connectivity index (χ4n) is 4.12. The minimum atomic E-state index is 0.0817. The SMILES string of the molecule is CCOC1(C(CC2CCOCC2)NC)CCCCCC1. The van der Waals surface area contributed by atoms with Gasteiger partial charge in [-0.2, -0.15) is 0 Å². The van der Waals surface area contributed by atoms with Crippen molar-refractivity contribution in [1.29, 1.82) is 0 Å². The van der Waals surface area contributed by atoms with E-state index in [0.717, 1.165) is 25.7 Å². The third-order valence-electron chi connectivity index (χ3n) is 5.28. The lowest BCUT2D eigenvalue weighted by Crippen LogP contribution is -2.52. The molecule has 3 heteroatoms. The molecule has 1 atom stereocenters. The maximum atomic E-state index is 6.35. The number of hydrogen-bond donors (Lipinski definition) is 1. The van der Waals surface area contributed by atoms with Crippen molar-refractivity contribution in [3.8, 4) is 0 Å². The van der Waals surface area contributed by atoms with Gasteiger partial charge in [-0.3, -0.25) is 0 Å². The first-order valence-corrected chi connectivity index (χ1v) is 8.69. The van der Waals surface area contributed by atoms with Crippen molar-refractivity contribution in [1.82, 2.24) is 5.32 Å². The zero-order chi connectivity index (χ0) is 14.3. The predicted molar refractivity (Wildman–Crippen MR) is 83.1 cm³/mol. The van der Waals surface area contributed by atoms with Gasteiger partial charge in [-0.1, -0.05) is 25.7 Å². The van der Waals surface area contributed by atoms with Gasteiger partial charge in [0.15, 0.2) is 0 Å². The van der Waals surface area contributed by atoms with Crippen LogP contribution in [0.25, 0.3) is 0 Å². The molecule has 0 spiro atoms. The topological polar surface area (TPSA) is 30.5 Å². The molecule has 1 unspecified atom stereocenters. The van der Waals surface area contributed by atoms with Crippen molar-refractivity contribution in [3.05, 3.63) is 0 Å². The summed E-state index contributed by atoms with van der Waals surface area (Å²) in [6, 6.07) is 0.503. The van der Waals surface area contributed by atoms with E-state index in [9.17, 15) is 0 Å². The summed E-state index contributed by atoms with van der Waals surface area (Å²) in [5.41, 5.74) is 0.0817. The minimum absolute atomic E-state index is 0.0817. The first-order chi connectivity index (χ1) is 9.80. The van der Waals surface area contributed by atoms with Crippen LogP contribution in [-0.2, 0) is 9.47 Å². The Balaban J connectivity index is 2.02. The molecule has 1 saturated heterocycles. The zero-order valence-corrected chi connectivity index (χ0v) is 13.5. The minimum Gasteiger partial charge on any atom is -0.381 e. The number of rotatable bonds is 6. The normalized spacial score (nSPS) is 26.1. The molecule has 0 aromatic rings. The second-order valence-corrected chi connectivity index (χ2v) is 6.54. The van der Waals surface area contributed by atoms with Gasteiger partial charge in [-0.15, -0.1) is 0 Å². The van der Waals surface area contributed by atoms with Gasteiger partial charge in [0.05, 0.1) is 5.60 Å². The van der Waals surface area contributed by atoms with E-state index in [1.165, 1.54) is 57.8 Å². The summed E-state index contributed by atoms with van der Waals surface area (Å²) in [7, 11) is 2.12. The van der Waals surface area contributed by atoms with Crippen LogP contribution in [0.15, 0.2) is 0 Å². The van der Waals surface area contributed by atoms with E-state index in [2.05, 4.69) is 19.3 Å². The monoisotopic (exact) mass is 283 g/mol. The summed E-state index contributed by atoms with van der Waals surface area (Å²) < 4.78 is 11.9. The van der Waals surface area contributed by atoms with Crippen LogP contribution in [0, 0.1) is 5.92 Å². The lowest BCUT2D eigenvalue weighted by atomic mass is 9.79. The Kier molecular flexibility index (Phi) is 6.79. The molecule has 0 radical (unpaired) electrons. The molecule has 20 heavy (non-hydrogen) atoms. The molecule has 0 bridgehead atoms. The Labute approximate surface area is 124 Å². The Morgan fingerprint density at radius 1 is 1.15 bits per heavy atom. The molecule has 1 aliphatic heterocycles. The first-order valence-electron chi connectivity index (χ1n) is 8.69. The average Bonchev–Trinajstić information content (AvgIpc) is 2.73. The van der Waals surface area contributed by atoms with Crippen molar-refractivity contribution in [2.24, 2.45) is 5.92 Å². The van der Waals surface area contributed by atoms with Gasteiger partial charge in [-0.25, -0.2) is 0 Å². The van der Waals surface area contributed by atoms with Gasteiger partial charge in [-0.05, 0) is 52.0 Å². The molecule has 1 N–H and O–H groups in total. The lowest BCUT2D eigenvalue weighted by Gasteiger charge is -2.42. The zero-order valence-electron chi connectivity index (χ0n) is 13.5. The molecule has 0 aromatic carbocycles. The summed E-state index contributed by atoms with van der Waals surface area (Å²) in [5, 5.41) is 3.61. The number of nitrogens with one attached hydrogen (secondary N) is 1. The highest BCUT2D eigenvalue weighted by Gasteiger charge is 2.40. The van der Waals surface area contributed by atoms with E-state index in [1.54, 1.807) is 0 Å². The van der Waals surface area contributed by atoms with E-state index in [0.29, 0.717) is 6.04 Å².